The smallest absolute Gasteiger partial charge is 0.335 e. The molecule has 4 nitrogen and oxygen atoms in total. The van der Waals surface area contributed by atoms with E-state index in [2.05, 4.69) is 4.98 Å². The molecule has 0 aliphatic heterocycles. The van der Waals surface area contributed by atoms with Crippen LogP contribution in [0.4, 0.5) is 0 Å². The Kier molecular flexibility index (Phi) is 3.05. The molecule has 1 aromatic heterocycles. The van der Waals surface area contributed by atoms with E-state index in [1.165, 1.54) is 12.1 Å². The van der Waals surface area contributed by atoms with Crippen LogP contribution < -0.4 is 0 Å². The molecular formula is C16H11NO3. The van der Waals surface area contributed by atoms with Crippen LogP contribution in [-0.2, 0) is 0 Å². The Morgan fingerprint density at radius 3 is 2.65 bits per heavy atom. The van der Waals surface area contributed by atoms with Gasteiger partial charge in [0.15, 0.2) is 5.58 Å². The van der Waals surface area contributed by atoms with Crippen LogP contribution in [0.1, 0.15) is 21.8 Å². The molecule has 0 amide bonds. The van der Waals surface area contributed by atoms with Crippen molar-refractivity contribution in [2.45, 2.75) is 0 Å². The molecule has 0 saturated carbocycles. The van der Waals surface area contributed by atoms with Gasteiger partial charge in [-0.05, 0) is 29.8 Å². The van der Waals surface area contributed by atoms with Gasteiger partial charge in [0.2, 0.25) is 5.89 Å². The molecule has 0 radical (unpaired) electrons. The summed E-state index contributed by atoms with van der Waals surface area (Å²) < 4.78 is 5.53. The normalized spacial score (nSPS) is 11.2. The van der Waals surface area contributed by atoms with Crippen molar-refractivity contribution in [2.75, 3.05) is 0 Å². The maximum Gasteiger partial charge on any atom is 0.335 e. The van der Waals surface area contributed by atoms with E-state index < -0.39 is 5.97 Å². The first-order valence-corrected chi connectivity index (χ1v) is 6.09. The summed E-state index contributed by atoms with van der Waals surface area (Å²) in [5.74, 6) is -0.525. The van der Waals surface area contributed by atoms with Crippen LogP contribution in [-0.4, -0.2) is 16.1 Å². The first-order chi connectivity index (χ1) is 9.72. The van der Waals surface area contributed by atoms with Crippen molar-refractivity contribution in [3.63, 3.8) is 0 Å². The van der Waals surface area contributed by atoms with Crippen LogP contribution in [0, 0.1) is 0 Å². The maximum atomic E-state index is 10.9. The number of oxazole rings is 1. The predicted molar refractivity (Wildman–Crippen MR) is 76.3 cm³/mol. The average Bonchev–Trinajstić information content (AvgIpc) is 2.88. The van der Waals surface area contributed by atoms with Crippen molar-refractivity contribution in [3.8, 4) is 0 Å². The number of aromatic nitrogens is 1. The third kappa shape index (κ3) is 2.44. The van der Waals surface area contributed by atoms with Crippen molar-refractivity contribution >= 4 is 29.2 Å². The van der Waals surface area contributed by atoms with Crippen LogP contribution >= 0.6 is 0 Å². The Bertz CT molecular complexity index is 788. The Morgan fingerprint density at radius 2 is 1.90 bits per heavy atom. The summed E-state index contributed by atoms with van der Waals surface area (Å²) in [6.45, 7) is 0. The molecule has 0 aliphatic carbocycles. The Labute approximate surface area is 115 Å². The first kappa shape index (κ1) is 12.2. The molecule has 2 aromatic carbocycles. The molecule has 0 atom stereocenters. The topological polar surface area (TPSA) is 63.3 Å². The van der Waals surface area contributed by atoms with Crippen molar-refractivity contribution in [2.24, 2.45) is 0 Å². The number of carboxylic acid groups (broad SMARTS) is 1. The highest BCUT2D eigenvalue weighted by molar-refractivity contribution is 5.92. The quantitative estimate of drug-likeness (QED) is 0.784. The van der Waals surface area contributed by atoms with E-state index in [-0.39, 0.29) is 5.56 Å². The lowest BCUT2D eigenvalue weighted by molar-refractivity contribution is 0.0697. The van der Waals surface area contributed by atoms with Crippen molar-refractivity contribution < 1.29 is 14.3 Å². The molecule has 98 valence electrons. The summed E-state index contributed by atoms with van der Waals surface area (Å²) in [4.78, 5) is 15.1. The van der Waals surface area contributed by atoms with Crippen molar-refractivity contribution in [3.05, 3.63) is 65.5 Å². The third-order valence-corrected chi connectivity index (χ3v) is 2.87. The second kappa shape index (κ2) is 5.01. The number of nitrogens with zero attached hydrogens (tertiary/aromatic N) is 1. The van der Waals surface area contributed by atoms with Crippen molar-refractivity contribution in [1.29, 1.82) is 0 Å². The third-order valence-electron chi connectivity index (χ3n) is 2.87. The zero-order valence-corrected chi connectivity index (χ0v) is 10.5. The molecule has 4 heteroatoms. The van der Waals surface area contributed by atoms with E-state index in [0.29, 0.717) is 17.0 Å². The van der Waals surface area contributed by atoms with Crippen molar-refractivity contribution in [1.82, 2.24) is 4.98 Å². The summed E-state index contributed by atoms with van der Waals surface area (Å²) in [7, 11) is 0. The van der Waals surface area contributed by atoms with E-state index >= 15 is 0 Å². The van der Waals surface area contributed by atoms with Crippen LogP contribution in [0.5, 0.6) is 0 Å². The minimum atomic E-state index is -0.976. The van der Waals surface area contributed by atoms with Crippen LogP contribution in [0.2, 0.25) is 0 Å². The summed E-state index contributed by atoms with van der Waals surface area (Å²) in [5.41, 5.74) is 2.35. The Hall–Kier alpha value is -2.88. The van der Waals surface area contributed by atoms with Crippen LogP contribution in [0.25, 0.3) is 23.3 Å². The lowest BCUT2D eigenvalue weighted by Gasteiger charge is -1.91. The molecule has 0 bridgehead atoms. The number of benzene rings is 2. The minimum absolute atomic E-state index is 0.199. The molecule has 0 aliphatic rings. The van der Waals surface area contributed by atoms with Gasteiger partial charge in [-0.15, -0.1) is 0 Å². The first-order valence-electron chi connectivity index (χ1n) is 6.09. The fourth-order valence-electron chi connectivity index (χ4n) is 1.88. The van der Waals surface area contributed by atoms with Crippen LogP contribution in [0.15, 0.2) is 52.9 Å². The van der Waals surface area contributed by atoms with Gasteiger partial charge in [0.05, 0.1) is 5.56 Å². The highest BCUT2D eigenvalue weighted by atomic mass is 16.4. The Balaban J connectivity index is 1.93. The zero-order valence-electron chi connectivity index (χ0n) is 10.5. The second-order valence-electron chi connectivity index (χ2n) is 4.28. The van der Waals surface area contributed by atoms with E-state index in [9.17, 15) is 4.79 Å². The monoisotopic (exact) mass is 265 g/mol. The molecule has 0 fully saturated rings. The molecule has 0 saturated heterocycles. The molecule has 20 heavy (non-hydrogen) atoms. The highest BCUT2D eigenvalue weighted by Gasteiger charge is 2.08. The van der Waals surface area contributed by atoms with Gasteiger partial charge in [-0.2, -0.15) is 0 Å². The lowest BCUT2D eigenvalue weighted by atomic mass is 10.2. The summed E-state index contributed by atoms with van der Waals surface area (Å²) in [5, 5.41) is 8.93. The van der Waals surface area contributed by atoms with E-state index in [0.717, 1.165) is 5.56 Å². The van der Waals surface area contributed by atoms with Gasteiger partial charge in [-0.3, -0.25) is 0 Å². The number of carbonyl (C=O) groups is 1. The largest absolute Gasteiger partial charge is 0.478 e. The highest BCUT2D eigenvalue weighted by Crippen LogP contribution is 2.18. The van der Waals surface area contributed by atoms with Gasteiger partial charge < -0.3 is 9.52 Å². The fraction of sp³-hybridized carbons (Fsp3) is 0. The number of carboxylic acids is 1. The van der Waals surface area contributed by atoms with E-state index in [1.54, 1.807) is 12.1 Å². The number of aromatic carboxylic acids is 1. The van der Waals surface area contributed by atoms with Gasteiger partial charge >= 0.3 is 5.97 Å². The molecule has 3 aromatic rings. The fourth-order valence-corrected chi connectivity index (χ4v) is 1.88. The lowest BCUT2D eigenvalue weighted by Crippen LogP contribution is -1.94. The average molecular weight is 265 g/mol. The number of hydrogen-bond donors (Lipinski definition) is 1. The summed E-state index contributed by atoms with van der Waals surface area (Å²) in [6, 6.07) is 14.4. The van der Waals surface area contributed by atoms with Gasteiger partial charge in [-0.1, -0.05) is 30.3 Å². The van der Waals surface area contributed by atoms with Gasteiger partial charge in [-0.25, -0.2) is 9.78 Å². The number of fused-ring (bicyclic) bond motifs is 1. The summed E-state index contributed by atoms with van der Waals surface area (Å²) in [6.07, 6.45) is 3.65. The molecule has 1 N–H and O–H groups in total. The molecule has 3 rings (SSSR count). The SMILES string of the molecule is O=C(O)c1ccc2oc(/C=C/c3ccccc3)nc2c1. The zero-order chi connectivity index (χ0) is 13.9. The standard InChI is InChI=1S/C16H11NO3/c18-16(19)12-7-8-14-13(10-12)17-15(20-14)9-6-11-4-2-1-3-5-11/h1-10H,(H,18,19)/b9-6+. The summed E-state index contributed by atoms with van der Waals surface area (Å²) >= 11 is 0. The molecule has 1 heterocycles. The van der Waals surface area contributed by atoms with E-state index in [1.807, 2.05) is 36.4 Å². The number of hydrogen-bond acceptors (Lipinski definition) is 3. The Morgan fingerprint density at radius 1 is 1.10 bits per heavy atom. The van der Waals surface area contributed by atoms with Gasteiger partial charge in [0, 0.05) is 6.08 Å². The predicted octanol–water partition coefficient (Wildman–Crippen LogP) is 3.70. The van der Waals surface area contributed by atoms with Gasteiger partial charge in [0.1, 0.15) is 5.52 Å². The molecule has 0 unspecified atom stereocenters. The molecule has 0 spiro atoms. The maximum absolute atomic E-state index is 10.9. The van der Waals surface area contributed by atoms with Crippen LogP contribution in [0.3, 0.4) is 0 Å². The minimum Gasteiger partial charge on any atom is -0.478 e. The van der Waals surface area contributed by atoms with E-state index in [4.69, 9.17) is 9.52 Å². The second-order valence-corrected chi connectivity index (χ2v) is 4.28. The number of rotatable bonds is 3. The van der Waals surface area contributed by atoms with Gasteiger partial charge in [0.25, 0.3) is 0 Å². The molecular weight excluding hydrogens is 254 g/mol.